The van der Waals surface area contributed by atoms with Crippen molar-refractivity contribution < 1.29 is 4.39 Å². The molecule has 0 amide bonds. The van der Waals surface area contributed by atoms with E-state index in [1.165, 1.54) is 12.1 Å². The Morgan fingerprint density at radius 2 is 2.12 bits per heavy atom. The number of benzene rings is 1. The Hall–Kier alpha value is -0.640. The minimum absolute atomic E-state index is 0.283. The first-order valence-electron chi connectivity index (χ1n) is 6.04. The van der Waals surface area contributed by atoms with Gasteiger partial charge in [0.15, 0.2) is 0 Å². The summed E-state index contributed by atoms with van der Waals surface area (Å²) >= 11 is 6.01. The Labute approximate surface area is 108 Å². The van der Waals surface area contributed by atoms with Crippen LogP contribution < -0.4 is 5.32 Å². The summed E-state index contributed by atoms with van der Waals surface area (Å²) < 4.78 is 12.9. The van der Waals surface area contributed by atoms with Crippen LogP contribution in [0.2, 0.25) is 5.02 Å². The van der Waals surface area contributed by atoms with Crippen molar-refractivity contribution in [1.29, 1.82) is 0 Å². The van der Waals surface area contributed by atoms with Crippen LogP contribution >= 0.6 is 11.6 Å². The largest absolute Gasteiger partial charge is 0.316 e. The number of hydrogen-bond donors (Lipinski definition) is 1. The molecule has 2 nitrogen and oxygen atoms in total. The Morgan fingerprint density at radius 3 is 2.71 bits per heavy atom. The lowest BCUT2D eigenvalue weighted by atomic mass is 10.2. The molecular weight excluding hydrogens is 239 g/mol. The summed E-state index contributed by atoms with van der Waals surface area (Å²) in [6, 6.07) is 4.59. The van der Waals surface area contributed by atoms with Gasteiger partial charge in [-0.05, 0) is 30.8 Å². The van der Waals surface area contributed by atoms with Gasteiger partial charge < -0.3 is 5.32 Å². The molecule has 0 atom stereocenters. The van der Waals surface area contributed by atoms with Gasteiger partial charge >= 0.3 is 0 Å². The molecule has 1 N–H and O–H groups in total. The maximum atomic E-state index is 12.9. The summed E-state index contributed by atoms with van der Waals surface area (Å²) in [6.07, 6.45) is 0. The zero-order valence-corrected chi connectivity index (χ0v) is 11.2. The fourth-order valence-electron chi connectivity index (χ4n) is 1.65. The first kappa shape index (κ1) is 14.4. The minimum atomic E-state index is -0.283. The minimum Gasteiger partial charge on any atom is -0.316 e. The smallest absolute Gasteiger partial charge is 0.124 e. The number of nitrogens with one attached hydrogen (secondary N) is 1. The average Bonchev–Trinajstić information content (AvgIpc) is 2.31. The third-order valence-corrected chi connectivity index (χ3v) is 3.06. The monoisotopic (exact) mass is 258 g/mol. The summed E-state index contributed by atoms with van der Waals surface area (Å²) in [5, 5.41) is 3.79. The molecule has 0 aliphatic heterocycles. The van der Waals surface area contributed by atoms with Crippen LogP contribution in [-0.4, -0.2) is 31.1 Å². The highest BCUT2D eigenvalue weighted by atomic mass is 35.5. The summed E-state index contributed by atoms with van der Waals surface area (Å²) in [5.74, 6) is -0.283. The van der Waals surface area contributed by atoms with E-state index >= 15 is 0 Å². The van der Waals surface area contributed by atoms with E-state index in [1.807, 2.05) is 0 Å². The lowest BCUT2D eigenvalue weighted by Gasteiger charge is -2.21. The normalized spacial score (nSPS) is 11.1. The molecule has 0 radical (unpaired) electrons. The fourth-order valence-corrected chi connectivity index (χ4v) is 1.88. The molecule has 1 aromatic rings. The summed E-state index contributed by atoms with van der Waals surface area (Å²) in [5.41, 5.74) is 0.978. The maximum Gasteiger partial charge on any atom is 0.124 e. The van der Waals surface area contributed by atoms with E-state index in [0.29, 0.717) is 5.02 Å². The third kappa shape index (κ3) is 5.02. The molecule has 0 saturated heterocycles. The van der Waals surface area contributed by atoms with Crippen molar-refractivity contribution in [2.75, 3.05) is 26.2 Å². The van der Waals surface area contributed by atoms with E-state index in [1.54, 1.807) is 6.07 Å². The summed E-state index contributed by atoms with van der Waals surface area (Å²) in [7, 11) is 0. The molecule has 4 heteroatoms. The topological polar surface area (TPSA) is 15.3 Å². The zero-order chi connectivity index (χ0) is 12.7. The van der Waals surface area contributed by atoms with Crippen LogP contribution in [0, 0.1) is 5.82 Å². The molecule has 17 heavy (non-hydrogen) atoms. The number of rotatable bonds is 7. The Kier molecular flexibility index (Phi) is 6.48. The van der Waals surface area contributed by atoms with Gasteiger partial charge in [0.2, 0.25) is 0 Å². The van der Waals surface area contributed by atoms with Crippen molar-refractivity contribution in [3.8, 4) is 0 Å². The van der Waals surface area contributed by atoms with Crippen molar-refractivity contribution >= 4 is 11.6 Å². The van der Waals surface area contributed by atoms with Crippen molar-refractivity contribution in [3.63, 3.8) is 0 Å². The molecule has 0 aliphatic rings. The van der Waals surface area contributed by atoms with Crippen molar-refractivity contribution in [1.82, 2.24) is 10.2 Å². The van der Waals surface area contributed by atoms with Crippen molar-refractivity contribution in [3.05, 3.63) is 34.6 Å². The van der Waals surface area contributed by atoms with Crippen LogP contribution in [0.4, 0.5) is 4.39 Å². The number of halogens is 2. The number of likely N-dealkylation sites (N-methyl/N-ethyl adjacent to an activating group) is 2. The second kappa shape index (κ2) is 7.64. The molecular formula is C13H20ClFN2. The Morgan fingerprint density at radius 1 is 1.35 bits per heavy atom. The van der Waals surface area contributed by atoms with E-state index in [0.717, 1.165) is 38.3 Å². The quantitative estimate of drug-likeness (QED) is 0.757. The van der Waals surface area contributed by atoms with Gasteiger partial charge in [0, 0.05) is 24.7 Å². The van der Waals surface area contributed by atoms with E-state index in [4.69, 9.17) is 11.6 Å². The second-order valence-corrected chi connectivity index (χ2v) is 4.37. The highest BCUT2D eigenvalue weighted by Gasteiger charge is 2.07. The molecule has 0 aromatic heterocycles. The van der Waals surface area contributed by atoms with Crippen LogP contribution in [-0.2, 0) is 6.54 Å². The molecule has 0 bridgehead atoms. The van der Waals surface area contributed by atoms with Gasteiger partial charge in [-0.25, -0.2) is 4.39 Å². The van der Waals surface area contributed by atoms with Gasteiger partial charge in [0.1, 0.15) is 5.82 Å². The molecule has 1 rings (SSSR count). The van der Waals surface area contributed by atoms with Crippen molar-refractivity contribution in [2.24, 2.45) is 0 Å². The molecule has 0 aliphatic carbocycles. The zero-order valence-electron chi connectivity index (χ0n) is 10.5. The second-order valence-electron chi connectivity index (χ2n) is 3.96. The van der Waals surface area contributed by atoms with E-state index < -0.39 is 0 Å². The Bertz CT molecular complexity index is 344. The fraction of sp³-hybridized carbons (Fsp3) is 0.538. The summed E-state index contributed by atoms with van der Waals surface area (Å²) in [6.45, 7) is 8.84. The molecule has 0 spiro atoms. The SMILES string of the molecule is CCNCCN(CC)Cc1ccc(F)cc1Cl. The third-order valence-electron chi connectivity index (χ3n) is 2.71. The van der Waals surface area contributed by atoms with Crippen LogP contribution in [0.15, 0.2) is 18.2 Å². The molecule has 0 saturated carbocycles. The molecule has 96 valence electrons. The maximum absolute atomic E-state index is 12.9. The van der Waals surface area contributed by atoms with Crippen molar-refractivity contribution in [2.45, 2.75) is 20.4 Å². The highest BCUT2D eigenvalue weighted by molar-refractivity contribution is 6.31. The number of hydrogen-bond acceptors (Lipinski definition) is 2. The highest BCUT2D eigenvalue weighted by Crippen LogP contribution is 2.18. The molecule has 1 aromatic carbocycles. The standard InChI is InChI=1S/C13H20ClFN2/c1-3-16-7-8-17(4-2)10-11-5-6-12(15)9-13(11)14/h5-6,9,16H,3-4,7-8,10H2,1-2H3. The van der Waals surface area contributed by atoms with Crippen LogP contribution in [0.25, 0.3) is 0 Å². The first-order chi connectivity index (χ1) is 8.17. The van der Waals surface area contributed by atoms with E-state index in [2.05, 4.69) is 24.1 Å². The van der Waals surface area contributed by atoms with Gasteiger partial charge in [0.05, 0.1) is 0 Å². The Balaban J connectivity index is 2.54. The van der Waals surface area contributed by atoms with E-state index in [9.17, 15) is 4.39 Å². The predicted octanol–water partition coefficient (Wildman–Crippen LogP) is 2.91. The lowest BCUT2D eigenvalue weighted by Crippen LogP contribution is -2.31. The number of nitrogens with zero attached hydrogens (tertiary/aromatic N) is 1. The van der Waals surface area contributed by atoms with Gasteiger partial charge in [-0.1, -0.05) is 31.5 Å². The summed E-state index contributed by atoms with van der Waals surface area (Å²) in [4.78, 5) is 2.28. The van der Waals surface area contributed by atoms with Gasteiger partial charge in [-0.2, -0.15) is 0 Å². The van der Waals surface area contributed by atoms with Gasteiger partial charge in [-0.15, -0.1) is 0 Å². The van der Waals surface area contributed by atoms with Crippen LogP contribution in [0.5, 0.6) is 0 Å². The predicted molar refractivity (Wildman–Crippen MR) is 70.9 cm³/mol. The van der Waals surface area contributed by atoms with Crippen LogP contribution in [0.3, 0.4) is 0 Å². The first-order valence-corrected chi connectivity index (χ1v) is 6.42. The lowest BCUT2D eigenvalue weighted by molar-refractivity contribution is 0.280. The molecule has 0 heterocycles. The van der Waals surface area contributed by atoms with Gasteiger partial charge in [-0.3, -0.25) is 4.90 Å². The van der Waals surface area contributed by atoms with Gasteiger partial charge in [0.25, 0.3) is 0 Å². The van der Waals surface area contributed by atoms with E-state index in [-0.39, 0.29) is 5.82 Å². The molecule has 0 unspecified atom stereocenters. The molecule has 0 fully saturated rings. The average molecular weight is 259 g/mol. The van der Waals surface area contributed by atoms with Crippen LogP contribution in [0.1, 0.15) is 19.4 Å².